The molecular formula is C15H24N2O2S. The molecule has 1 aliphatic carbocycles. The lowest BCUT2D eigenvalue weighted by atomic mass is 10.0. The fraction of sp³-hybridized carbons (Fsp3) is 0.600. The highest BCUT2D eigenvalue weighted by atomic mass is 32.2. The number of rotatable bonds is 7. The van der Waals surface area contributed by atoms with Crippen LogP contribution in [0.4, 0.5) is 5.69 Å². The smallest absolute Gasteiger partial charge is 0.243 e. The monoisotopic (exact) mass is 296 g/mol. The number of benzene rings is 1. The molecule has 0 radical (unpaired) electrons. The summed E-state index contributed by atoms with van der Waals surface area (Å²) < 4.78 is 28.1. The quantitative estimate of drug-likeness (QED) is 0.813. The molecule has 1 aromatic carbocycles. The maximum atomic E-state index is 12.6. The zero-order valence-corrected chi connectivity index (χ0v) is 13.3. The van der Waals surface area contributed by atoms with Crippen molar-refractivity contribution in [3.63, 3.8) is 0 Å². The Morgan fingerprint density at radius 1 is 1.25 bits per heavy atom. The number of hydrogen-bond donors (Lipinski definition) is 2. The molecular weight excluding hydrogens is 272 g/mol. The topological polar surface area (TPSA) is 58.2 Å². The predicted molar refractivity (Wildman–Crippen MR) is 82.3 cm³/mol. The van der Waals surface area contributed by atoms with E-state index in [1.165, 1.54) is 0 Å². The van der Waals surface area contributed by atoms with Gasteiger partial charge in [-0.1, -0.05) is 19.1 Å². The van der Waals surface area contributed by atoms with Crippen LogP contribution in [0, 0.1) is 5.92 Å². The largest absolute Gasteiger partial charge is 0.384 e. The lowest BCUT2D eigenvalue weighted by molar-refractivity contribution is 0.400. The lowest BCUT2D eigenvalue weighted by Crippen LogP contribution is -2.45. The second-order valence-electron chi connectivity index (χ2n) is 6.02. The van der Waals surface area contributed by atoms with Crippen LogP contribution in [0.15, 0.2) is 29.2 Å². The maximum Gasteiger partial charge on any atom is 0.243 e. The van der Waals surface area contributed by atoms with Crippen molar-refractivity contribution in [1.82, 2.24) is 4.72 Å². The Morgan fingerprint density at radius 3 is 2.50 bits per heavy atom. The lowest BCUT2D eigenvalue weighted by Gasteiger charge is -2.26. The summed E-state index contributed by atoms with van der Waals surface area (Å²) in [4.78, 5) is 0.335. The summed E-state index contributed by atoms with van der Waals surface area (Å²) in [6.07, 6.45) is 3.16. The summed E-state index contributed by atoms with van der Waals surface area (Å²) in [5.41, 5.74) is 0.296. The van der Waals surface area contributed by atoms with E-state index in [1.54, 1.807) is 12.1 Å². The molecule has 0 unspecified atom stereocenters. The molecule has 1 aliphatic rings. The van der Waals surface area contributed by atoms with E-state index < -0.39 is 10.0 Å². The standard InChI is InChI=1S/C15H24N2O2S/c1-4-11-16-13-7-5-6-8-14(13)20(18,19)17-15(2,3)12-9-10-12/h5-8,12,16-17H,4,9-11H2,1-3H3. The zero-order valence-electron chi connectivity index (χ0n) is 12.4. The first kappa shape index (κ1) is 15.3. The van der Waals surface area contributed by atoms with Gasteiger partial charge >= 0.3 is 0 Å². The van der Waals surface area contributed by atoms with Crippen LogP contribution in [0.5, 0.6) is 0 Å². The van der Waals surface area contributed by atoms with Gasteiger partial charge in [-0.2, -0.15) is 0 Å². The minimum atomic E-state index is -3.50. The molecule has 0 atom stereocenters. The molecule has 1 saturated carbocycles. The highest BCUT2D eigenvalue weighted by molar-refractivity contribution is 7.89. The Hall–Kier alpha value is -1.07. The van der Waals surface area contributed by atoms with E-state index in [1.807, 2.05) is 26.0 Å². The Balaban J connectivity index is 2.24. The summed E-state index contributed by atoms with van der Waals surface area (Å²) in [6, 6.07) is 7.08. The van der Waals surface area contributed by atoms with Crippen LogP contribution >= 0.6 is 0 Å². The number of hydrogen-bond acceptors (Lipinski definition) is 3. The van der Waals surface area contributed by atoms with Crippen LogP contribution in [0.1, 0.15) is 40.0 Å². The molecule has 0 amide bonds. The maximum absolute atomic E-state index is 12.6. The van der Waals surface area contributed by atoms with E-state index in [4.69, 9.17) is 0 Å². The second-order valence-corrected chi connectivity index (χ2v) is 7.68. The highest BCUT2D eigenvalue weighted by Gasteiger charge is 2.40. The number of sulfonamides is 1. The number of para-hydroxylation sites is 1. The molecule has 0 bridgehead atoms. The minimum absolute atomic E-state index is 0.335. The van der Waals surface area contributed by atoms with Gasteiger partial charge in [-0.05, 0) is 51.2 Å². The van der Waals surface area contributed by atoms with Gasteiger partial charge in [0.1, 0.15) is 4.90 Å². The van der Waals surface area contributed by atoms with Crippen LogP contribution in [0.2, 0.25) is 0 Å². The molecule has 0 saturated heterocycles. The average Bonchev–Trinajstić information content (AvgIpc) is 3.20. The first-order chi connectivity index (χ1) is 9.37. The van der Waals surface area contributed by atoms with Crippen molar-refractivity contribution in [2.24, 2.45) is 5.92 Å². The zero-order chi connectivity index (χ0) is 14.8. The van der Waals surface area contributed by atoms with Crippen molar-refractivity contribution in [3.05, 3.63) is 24.3 Å². The van der Waals surface area contributed by atoms with Gasteiger partial charge in [0, 0.05) is 12.1 Å². The van der Waals surface area contributed by atoms with E-state index in [9.17, 15) is 8.42 Å². The first-order valence-corrected chi connectivity index (χ1v) is 8.72. The van der Waals surface area contributed by atoms with Crippen molar-refractivity contribution in [1.29, 1.82) is 0 Å². The van der Waals surface area contributed by atoms with Crippen LogP contribution < -0.4 is 10.0 Å². The predicted octanol–water partition coefficient (Wildman–Crippen LogP) is 2.98. The fourth-order valence-corrected chi connectivity index (χ4v) is 4.05. The van der Waals surface area contributed by atoms with E-state index >= 15 is 0 Å². The van der Waals surface area contributed by atoms with Crippen LogP contribution in [-0.2, 0) is 10.0 Å². The van der Waals surface area contributed by atoms with Crippen molar-refractivity contribution in [2.75, 3.05) is 11.9 Å². The van der Waals surface area contributed by atoms with Crippen LogP contribution in [-0.4, -0.2) is 20.5 Å². The highest BCUT2D eigenvalue weighted by Crippen LogP contribution is 2.40. The van der Waals surface area contributed by atoms with Crippen molar-refractivity contribution in [3.8, 4) is 0 Å². The summed E-state index contributed by atoms with van der Waals surface area (Å²) >= 11 is 0. The molecule has 112 valence electrons. The van der Waals surface area contributed by atoms with Gasteiger partial charge in [-0.15, -0.1) is 0 Å². The summed E-state index contributed by atoms with van der Waals surface area (Å²) in [5, 5.41) is 3.18. The van der Waals surface area contributed by atoms with E-state index in [0.717, 1.165) is 25.8 Å². The van der Waals surface area contributed by atoms with Gasteiger partial charge in [-0.25, -0.2) is 13.1 Å². The van der Waals surface area contributed by atoms with Gasteiger partial charge in [0.15, 0.2) is 0 Å². The third kappa shape index (κ3) is 3.52. The minimum Gasteiger partial charge on any atom is -0.384 e. The molecule has 5 heteroatoms. The molecule has 20 heavy (non-hydrogen) atoms. The van der Waals surface area contributed by atoms with E-state index in [2.05, 4.69) is 17.0 Å². The van der Waals surface area contributed by atoms with Crippen molar-refractivity contribution in [2.45, 2.75) is 50.5 Å². The van der Waals surface area contributed by atoms with Gasteiger partial charge in [-0.3, -0.25) is 0 Å². The van der Waals surface area contributed by atoms with Crippen LogP contribution in [0.25, 0.3) is 0 Å². The van der Waals surface area contributed by atoms with Crippen LogP contribution in [0.3, 0.4) is 0 Å². The normalized spacial score (nSPS) is 16.1. The third-order valence-electron chi connectivity index (χ3n) is 3.74. The Morgan fingerprint density at radius 2 is 1.90 bits per heavy atom. The summed E-state index contributed by atoms with van der Waals surface area (Å²) in [6.45, 7) is 6.74. The summed E-state index contributed by atoms with van der Waals surface area (Å²) in [7, 11) is -3.50. The molecule has 0 aliphatic heterocycles. The third-order valence-corrected chi connectivity index (χ3v) is 5.47. The molecule has 0 spiro atoms. The second kappa shape index (κ2) is 5.74. The van der Waals surface area contributed by atoms with Gasteiger partial charge < -0.3 is 5.32 Å². The molecule has 1 aromatic rings. The fourth-order valence-electron chi connectivity index (χ4n) is 2.40. The van der Waals surface area contributed by atoms with Gasteiger partial charge in [0.25, 0.3) is 0 Å². The van der Waals surface area contributed by atoms with Crippen molar-refractivity contribution >= 4 is 15.7 Å². The average molecular weight is 296 g/mol. The Kier molecular flexibility index (Phi) is 4.39. The Labute approximate surface area is 122 Å². The molecule has 0 aromatic heterocycles. The number of nitrogens with one attached hydrogen (secondary N) is 2. The van der Waals surface area contributed by atoms with Gasteiger partial charge in [0.05, 0.1) is 5.69 Å². The molecule has 4 nitrogen and oxygen atoms in total. The molecule has 0 heterocycles. The molecule has 2 rings (SSSR count). The summed E-state index contributed by atoms with van der Waals surface area (Å²) in [5.74, 6) is 0.452. The molecule has 2 N–H and O–H groups in total. The Bertz CT molecular complexity index is 563. The van der Waals surface area contributed by atoms with Crippen molar-refractivity contribution < 1.29 is 8.42 Å². The molecule has 1 fully saturated rings. The van der Waals surface area contributed by atoms with E-state index in [0.29, 0.717) is 16.5 Å². The SMILES string of the molecule is CCCNc1ccccc1S(=O)(=O)NC(C)(C)C1CC1. The van der Waals surface area contributed by atoms with E-state index in [-0.39, 0.29) is 5.54 Å². The van der Waals surface area contributed by atoms with Gasteiger partial charge in [0.2, 0.25) is 10.0 Å². The number of anilines is 1. The first-order valence-electron chi connectivity index (χ1n) is 7.23.